The summed E-state index contributed by atoms with van der Waals surface area (Å²) in [5, 5.41) is 2.74. The lowest BCUT2D eigenvalue weighted by Gasteiger charge is -2.24. The highest BCUT2D eigenvalue weighted by Gasteiger charge is 2.36. The molecule has 1 atom stereocenters. The van der Waals surface area contributed by atoms with Gasteiger partial charge in [-0.05, 0) is 55.9 Å². The van der Waals surface area contributed by atoms with Crippen LogP contribution < -0.4 is 5.32 Å². The molecule has 1 N–H and O–H groups in total. The van der Waals surface area contributed by atoms with Crippen LogP contribution >= 0.6 is 11.3 Å². The molecule has 0 aliphatic carbocycles. The lowest BCUT2D eigenvalue weighted by Crippen LogP contribution is -2.36. The summed E-state index contributed by atoms with van der Waals surface area (Å²) in [6, 6.07) is 11.7. The van der Waals surface area contributed by atoms with Crippen molar-refractivity contribution in [3.8, 4) is 0 Å². The second-order valence-corrected chi connectivity index (χ2v) is 10.3. The van der Waals surface area contributed by atoms with Crippen molar-refractivity contribution in [1.29, 1.82) is 0 Å². The van der Waals surface area contributed by atoms with Gasteiger partial charge in [0.2, 0.25) is 5.91 Å². The van der Waals surface area contributed by atoms with Gasteiger partial charge in [0.15, 0.2) is 0 Å². The normalized spacial score (nSPS) is 17.9. The summed E-state index contributed by atoms with van der Waals surface area (Å²) in [4.78, 5) is 11.9. The topological polar surface area (TPSA) is 66.5 Å². The van der Waals surface area contributed by atoms with E-state index in [9.17, 15) is 13.2 Å². The minimum absolute atomic E-state index is 0.0148. The Bertz CT molecular complexity index is 905. The van der Waals surface area contributed by atoms with Crippen molar-refractivity contribution in [2.24, 2.45) is 0 Å². The fraction of sp³-hybridized carbons (Fsp3) is 0.450. The lowest BCUT2D eigenvalue weighted by molar-refractivity contribution is -0.118. The third-order valence-corrected chi connectivity index (χ3v) is 8.55. The predicted octanol–water partition coefficient (Wildman–Crippen LogP) is 3.13. The van der Waals surface area contributed by atoms with Crippen LogP contribution in [-0.2, 0) is 27.7 Å². The van der Waals surface area contributed by atoms with Crippen LogP contribution in [0.5, 0.6) is 0 Å². The zero-order chi connectivity index (χ0) is 19.4. The fourth-order valence-corrected chi connectivity index (χ4v) is 6.71. The molecule has 1 aromatic carbocycles. The van der Waals surface area contributed by atoms with E-state index in [1.807, 2.05) is 18.2 Å². The van der Waals surface area contributed by atoms with Crippen molar-refractivity contribution in [3.05, 3.63) is 52.4 Å². The van der Waals surface area contributed by atoms with Gasteiger partial charge in [0.1, 0.15) is 4.21 Å². The molecule has 1 aliphatic heterocycles. The van der Waals surface area contributed by atoms with Gasteiger partial charge in [0, 0.05) is 30.9 Å². The molecule has 0 radical (unpaired) electrons. The monoisotopic (exact) mass is 406 g/mol. The Morgan fingerprint density at radius 1 is 1.26 bits per heavy atom. The Balaban J connectivity index is 1.72. The maximum atomic E-state index is 13.2. The molecule has 2 heterocycles. The van der Waals surface area contributed by atoms with Gasteiger partial charge in [-0.3, -0.25) is 4.79 Å². The fourth-order valence-electron chi connectivity index (χ4n) is 3.53. The van der Waals surface area contributed by atoms with Gasteiger partial charge >= 0.3 is 0 Å². The average molecular weight is 407 g/mol. The van der Waals surface area contributed by atoms with Crippen molar-refractivity contribution in [2.45, 2.75) is 49.8 Å². The van der Waals surface area contributed by atoms with Crippen LogP contribution in [-0.4, -0.2) is 37.8 Å². The number of nitrogens with zero attached hydrogens (tertiary/aromatic N) is 1. The molecular formula is C20H26N2O3S2. The quantitative estimate of drug-likeness (QED) is 0.768. The molecule has 1 unspecified atom stereocenters. The van der Waals surface area contributed by atoms with E-state index in [1.165, 1.54) is 29.4 Å². The molecule has 146 valence electrons. The Morgan fingerprint density at radius 3 is 2.78 bits per heavy atom. The molecule has 0 spiro atoms. The standard InChI is InChI=1S/C20H26N2O3S2/c1-15-6-3-4-7-17(15)14-18-8-5-13-22(18)27(24,25)20-10-9-19(26-20)11-12-21-16(2)23/h3-4,6-7,9-10,18H,5,8,11-14H2,1-2H3,(H,21,23). The highest BCUT2D eigenvalue weighted by molar-refractivity contribution is 7.91. The number of amides is 1. The van der Waals surface area contributed by atoms with Gasteiger partial charge in [0.05, 0.1) is 0 Å². The smallest absolute Gasteiger partial charge is 0.252 e. The molecule has 0 saturated carbocycles. The van der Waals surface area contributed by atoms with Gasteiger partial charge in [0.25, 0.3) is 10.0 Å². The number of aryl methyl sites for hydroxylation is 1. The molecule has 2 aromatic rings. The first kappa shape index (κ1) is 20.0. The molecule has 3 rings (SSSR count). The number of thiophene rings is 1. The summed E-state index contributed by atoms with van der Waals surface area (Å²) in [7, 11) is -3.48. The Hall–Kier alpha value is -1.70. The van der Waals surface area contributed by atoms with Gasteiger partial charge in [-0.1, -0.05) is 24.3 Å². The number of sulfonamides is 1. The summed E-state index contributed by atoms with van der Waals surface area (Å²) in [5.74, 6) is -0.0736. The van der Waals surface area contributed by atoms with E-state index in [4.69, 9.17) is 0 Å². The minimum Gasteiger partial charge on any atom is -0.356 e. The van der Waals surface area contributed by atoms with Gasteiger partial charge < -0.3 is 5.32 Å². The number of carbonyl (C=O) groups excluding carboxylic acids is 1. The first-order chi connectivity index (χ1) is 12.9. The van der Waals surface area contributed by atoms with Crippen LogP contribution in [0, 0.1) is 6.92 Å². The number of carbonyl (C=O) groups is 1. The molecule has 27 heavy (non-hydrogen) atoms. The van der Waals surface area contributed by atoms with E-state index in [-0.39, 0.29) is 11.9 Å². The van der Waals surface area contributed by atoms with Crippen LogP contribution in [0.1, 0.15) is 35.8 Å². The van der Waals surface area contributed by atoms with Crippen molar-refractivity contribution in [3.63, 3.8) is 0 Å². The van der Waals surface area contributed by atoms with Crippen molar-refractivity contribution in [2.75, 3.05) is 13.1 Å². The van der Waals surface area contributed by atoms with Crippen LogP contribution in [0.4, 0.5) is 0 Å². The molecule has 0 bridgehead atoms. The third-order valence-electron chi connectivity index (χ3n) is 4.99. The van der Waals surface area contributed by atoms with Crippen LogP contribution in [0.2, 0.25) is 0 Å². The highest BCUT2D eigenvalue weighted by atomic mass is 32.2. The third kappa shape index (κ3) is 4.78. The lowest BCUT2D eigenvalue weighted by atomic mass is 10.0. The van der Waals surface area contributed by atoms with Crippen LogP contribution in [0.3, 0.4) is 0 Å². The van der Waals surface area contributed by atoms with E-state index in [0.717, 1.165) is 24.1 Å². The SMILES string of the molecule is CC(=O)NCCc1ccc(S(=O)(=O)N2CCCC2Cc2ccccc2C)s1. The molecule has 7 heteroatoms. The van der Waals surface area contributed by atoms with Crippen LogP contribution in [0.25, 0.3) is 0 Å². The van der Waals surface area contributed by atoms with Gasteiger partial charge in [-0.25, -0.2) is 8.42 Å². The maximum absolute atomic E-state index is 13.2. The number of hydrogen-bond donors (Lipinski definition) is 1. The number of nitrogens with one attached hydrogen (secondary N) is 1. The molecular weight excluding hydrogens is 380 g/mol. The van der Waals surface area contributed by atoms with E-state index >= 15 is 0 Å². The first-order valence-electron chi connectivity index (χ1n) is 9.27. The zero-order valence-corrected chi connectivity index (χ0v) is 17.4. The number of hydrogen-bond acceptors (Lipinski definition) is 4. The van der Waals surface area contributed by atoms with E-state index < -0.39 is 10.0 Å². The van der Waals surface area contributed by atoms with Crippen molar-refractivity contribution >= 4 is 27.3 Å². The second-order valence-electron chi connectivity index (χ2n) is 7.00. The van der Waals surface area contributed by atoms with Crippen LogP contribution in [0.15, 0.2) is 40.6 Å². The molecule has 1 saturated heterocycles. The summed E-state index contributed by atoms with van der Waals surface area (Å²) in [5.41, 5.74) is 2.42. The predicted molar refractivity (Wildman–Crippen MR) is 109 cm³/mol. The molecule has 1 fully saturated rings. The van der Waals surface area contributed by atoms with E-state index in [2.05, 4.69) is 24.4 Å². The van der Waals surface area contributed by atoms with E-state index in [1.54, 1.807) is 10.4 Å². The Morgan fingerprint density at radius 2 is 2.04 bits per heavy atom. The molecule has 1 amide bonds. The average Bonchev–Trinajstić information content (AvgIpc) is 3.26. The van der Waals surface area contributed by atoms with Gasteiger partial charge in [-0.2, -0.15) is 4.31 Å². The van der Waals surface area contributed by atoms with Gasteiger partial charge in [-0.15, -0.1) is 11.3 Å². The summed E-state index contributed by atoms with van der Waals surface area (Å²) >= 11 is 1.31. The molecule has 1 aromatic heterocycles. The Kier molecular flexibility index (Phi) is 6.34. The number of benzene rings is 1. The Labute approximate surface area is 165 Å². The molecule has 5 nitrogen and oxygen atoms in total. The summed E-state index contributed by atoms with van der Waals surface area (Å²) in [6.07, 6.45) is 3.20. The molecule has 1 aliphatic rings. The summed E-state index contributed by atoms with van der Waals surface area (Å²) < 4.78 is 28.4. The number of rotatable bonds is 7. The summed E-state index contributed by atoms with van der Waals surface area (Å²) in [6.45, 7) is 4.66. The minimum atomic E-state index is -3.48. The first-order valence-corrected chi connectivity index (χ1v) is 11.5. The maximum Gasteiger partial charge on any atom is 0.252 e. The van der Waals surface area contributed by atoms with Crippen molar-refractivity contribution < 1.29 is 13.2 Å². The second kappa shape index (κ2) is 8.54. The van der Waals surface area contributed by atoms with E-state index in [0.29, 0.717) is 23.7 Å². The largest absolute Gasteiger partial charge is 0.356 e. The highest BCUT2D eigenvalue weighted by Crippen LogP contribution is 2.32. The van der Waals surface area contributed by atoms with Crippen molar-refractivity contribution in [1.82, 2.24) is 9.62 Å². The zero-order valence-electron chi connectivity index (χ0n) is 15.8.